The van der Waals surface area contributed by atoms with Gasteiger partial charge in [0.15, 0.2) is 6.61 Å². The number of hydrogen-bond acceptors (Lipinski definition) is 5. The smallest absolute Gasteiger partial charge is 0.338 e. The van der Waals surface area contributed by atoms with E-state index in [4.69, 9.17) is 4.74 Å². The summed E-state index contributed by atoms with van der Waals surface area (Å²) in [5, 5.41) is 0. The largest absolute Gasteiger partial charge is 0.452 e. The highest BCUT2D eigenvalue weighted by Gasteiger charge is 2.24. The third kappa shape index (κ3) is 3.47. The molecule has 120 valence electrons. The van der Waals surface area contributed by atoms with E-state index in [1.54, 1.807) is 35.5 Å². The maximum atomic E-state index is 12.2. The highest BCUT2D eigenvalue weighted by atomic mass is 16.5. The van der Waals surface area contributed by atoms with Gasteiger partial charge in [-0.1, -0.05) is 0 Å². The van der Waals surface area contributed by atoms with Gasteiger partial charge in [-0.2, -0.15) is 0 Å². The summed E-state index contributed by atoms with van der Waals surface area (Å²) in [5.74, 6) is -0.651. The Labute approximate surface area is 134 Å². The van der Waals surface area contributed by atoms with Crippen LogP contribution in [0.25, 0.3) is 11.0 Å². The van der Waals surface area contributed by atoms with Crippen LogP contribution in [-0.4, -0.2) is 45.9 Å². The van der Waals surface area contributed by atoms with Gasteiger partial charge in [-0.3, -0.25) is 14.8 Å². The molecule has 6 nitrogen and oxygen atoms in total. The van der Waals surface area contributed by atoms with Gasteiger partial charge in [-0.15, -0.1) is 0 Å². The quantitative estimate of drug-likeness (QED) is 0.812. The van der Waals surface area contributed by atoms with Crippen molar-refractivity contribution < 1.29 is 14.3 Å². The zero-order valence-electron chi connectivity index (χ0n) is 13.1. The fourth-order valence-electron chi connectivity index (χ4n) is 2.85. The Morgan fingerprint density at radius 2 is 2.00 bits per heavy atom. The highest BCUT2D eigenvalue weighted by Crippen LogP contribution is 2.17. The van der Waals surface area contributed by atoms with Gasteiger partial charge in [0.05, 0.1) is 16.6 Å². The summed E-state index contributed by atoms with van der Waals surface area (Å²) in [4.78, 5) is 34.4. The van der Waals surface area contributed by atoms with Crippen molar-refractivity contribution in [1.29, 1.82) is 0 Å². The molecular weight excluding hydrogens is 294 g/mol. The minimum absolute atomic E-state index is 0.133. The van der Waals surface area contributed by atoms with E-state index < -0.39 is 5.97 Å². The predicted molar refractivity (Wildman–Crippen MR) is 84.8 cm³/mol. The van der Waals surface area contributed by atoms with Crippen molar-refractivity contribution in [3.05, 3.63) is 36.2 Å². The normalized spacial score (nSPS) is 18.0. The molecule has 3 rings (SSSR count). The molecule has 0 radical (unpaired) electrons. The number of nitrogens with zero attached hydrogens (tertiary/aromatic N) is 3. The first-order valence-corrected chi connectivity index (χ1v) is 7.82. The lowest BCUT2D eigenvalue weighted by molar-refractivity contribution is -0.137. The number of ether oxygens (including phenoxy) is 1. The zero-order valence-corrected chi connectivity index (χ0v) is 13.1. The van der Waals surface area contributed by atoms with Crippen LogP contribution in [0, 0.1) is 0 Å². The number of amides is 1. The minimum Gasteiger partial charge on any atom is -0.452 e. The van der Waals surface area contributed by atoms with Crippen LogP contribution in [0.5, 0.6) is 0 Å². The van der Waals surface area contributed by atoms with Gasteiger partial charge in [0, 0.05) is 25.0 Å². The molecule has 1 amide bonds. The number of rotatable bonds is 3. The molecule has 0 spiro atoms. The lowest BCUT2D eigenvalue weighted by Crippen LogP contribution is -2.44. The van der Waals surface area contributed by atoms with Gasteiger partial charge in [0.1, 0.15) is 0 Å². The number of esters is 1. The molecule has 1 saturated heterocycles. The van der Waals surface area contributed by atoms with Gasteiger partial charge < -0.3 is 9.64 Å². The first-order valence-electron chi connectivity index (χ1n) is 7.82. The standard InChI is InChI=1S/C17H19N3O3/c1-12-4-2-3-9-20(12)16(21)11-23-17(22)13-5-6-14-15(10-13)19-8-7-18-14/h5-8,10,12H,2-4,9,11H2,1H3/t12-/m1/s1. The second-order valence-corrected chi connectivity index (χ2v) is 5.77. The van der Waals surface area contributed by atoms with Crippen LogP contribution in [0.4, 0.5) is 0 Å². The summed E-state index contributed by atoms with van der Waals surface area (Å²) in [5.41, 5.74) is 1.71. The first-order chi connectivity index (χ1) is 11.1. The fourth-order valence-corrected chi connectivity index (χ4v) is 2.85. The number of hydrogen-bond donors (Lipinski definition) is 0. The lowest BCUT2D eigenvalue weighted by atomic mass is 10.0. The van der Waals surface area contributed by atoms with Crippen LogP contribution in [0.15, 0.2) is 30.6 Å². The molecule has 6 heteroatoms. The SMILES string of the molecule is C[C@@H]1CCCCN1C(=O)COC(=O)c1ccc2nccnc2c1. The average Bonchev–Trinajstić information content (AvgIpc) is 2.59. The molecule has 1 aliphatic heterocycles. The number of aromatic nitrogens is 2. The van der Waals surface area contributed by atoms with Crippen molar-refractivity contribution in [2.75, 3.05) is 13.2 Å². The Hall–Kier alpha value is -2.50. The maximum Gasteiger partial charge on any atom is 0.338 e. The summed E-state index contributed by atoms with van der Waals surface area (Å²) in [6.45, 7) is 2.55. The summed E-state index contributed by atoms with van der Waals surface area (Å²) >= 11 is 0. The minimum atomic E-state index is -0.518. The van der Waals surface area contributed by atoms with E-state index >= 15 is 0 Å². The van der Waals surface area contributed by atoms with Crippen LogP contribution in [0.1, 0.15) is 36.5 Å². The Balaban J connectivity index is 1.62. The first kappa shape index (κ1) is 15.4. The summed E-state index contributed by atoms with van der Waals surface area (Å²) in [6, 6.07) is 5.19. The third-order valence-corrected chi connectivity index (χ3v) is 4.16. The van der Waals surface area contributed by atoms with Gasteiger partial charge in [-0.25, -0.2) is 4.79 Å². The molecule has 1 aliphatic rings. The number of fused-ring (bicyclic) bond motifs is 1. The van der Waals surface area contributed by atoms with E-state index in [2.05, 4.69) is 9.97 Å². The van der Waals surface area contributed by atoms with Crippen molar-refractivity contribution >= 4 is 22.9 Å². The van der Waals surface area contributed by atoms with Crippen LogP contribution in [0.3, 0.4) is 0 Å². The van der Waals surface area contributed by atoms with Crippen LogP contribution < -0.4 is 0 Å². The molecule has 0 bridgehead atoms. The Morgan fingerprint density at radius 3 is 2.78 bits per heavy atom. The molecule has 2 heterocycles. The second kappa shape index (κ2) is 6.73. The van der Waals surface area contributed by atoms with E-state index in [1.807, 2.05) is 6.92 Å². The second-order valence-electron chi connectivity index (χ2n) is 5.77. The maximum absolute atomic E-state index is 12.2. The van der Waals surface area contributed by atoms with E-state index in [-0.39, 0.29) is 18.6 Å². The van der Waals surface area contributed by atoms with Crippen LogP contribution in [-0.2, 0) is 9.53 Å². The molecular formula is C17H19N3O3. The Kier molecular flexibility index (Phi) is 4.50. The van der Waals surface area contributed by atoms with Gasteiger partial charge in [-0.05, 0) is 44.4 Å². The molecule has 1 aromatic carbocycles. The van der Waals surface area contributed by atoms with Crippen molar-refractivity contribution in [2.24, 2.45) is 0 Å². The number of carbonyl (C=O) groups is 2. The number of piperidine rings is 1. The number of carbonyl (C=O) groups excluding carboxylic acids is 2. The molecule has 2 aromatic rings. The fraction of sp³-hybridized carbons (Fsp3) is 0.412. The summed E-state index contributed by atoms with van der Waals surface area (Å²) in [7, 11) is 0. The molecule has 0 unspecified atom stereocenters. The highest BCUT2D eigenvalue weighted by molar-refractivity contribution is 5.94. The molecule has 1 atom stereocenters. The van der Waals surface area contributed by atoms with Crippen LogP contribution >= 0.6 is 0 Å². The zero-order chi connectivity index (χ0) is 16.2. The lowest BCUT2D eigenvalue weighted by Gasteiger charge is -2.33. The number of likely N-dealkylation sites (tertiary alicyclic amines) is 1. The van der Waals surface area contributed by atoms with Gasteiger partial charge in [0.2, 0.25) is 0 Å². The van der Waals surface area contributed by atoms with Gasteiger partial charge in [0.25, 0.3) is 5.91 Å². The topological polar surface area (TPSA) is 72.4 Å². The number of benzene rings is 1. The average molecular weight is 313 g/mol. The van der Waals surface area contributed by atoms with Crippen molar-refractivity contribution in [1.82, 2.24) is 14.9 Å². The summed E-state index contributed by atoms with van der Waals surface area (Å²) < 4.78 is 5.16. The monoisotopic (exact) mass is 313 g/mol. The Morgan fingerprint density at radius 1 is 1.22 bits per heavy atom. The van der Waals surface area contributed by atoms with Crippen molar-refractivity contribution in [2.45, 2.75) is 32.2 Å². The van der Waals surface area contributed by atoms with E-state index in [9.17, 15) is 9.59 Å². The third-order valence-electron chi connectivity index (χ3n) is 4.16. The van der Waals surface area contributed by atoms with E-state index in [1.165, 1.54) is 0 Å². The molecule has 23 heavy (non-hydrogen) atoms. The molecule has 0 aliphatic carbocycles. The van der Waals surface area contributed by atoms with E-state index in [0.717, 1.165) is 25.8 Å². The molecule has 0 saturated carbocycles. The van der Waals surface area contributed by atoms with Crippen LogP contribution in [0.2, 0.25) is 0 Å². The molecule has 1 aromatic heterocycles. The van der Waals surface area contributed by atoms with E-state index in [0.29, 0.717) is 16.6 Å². The predicted octanol–water partition coefficient (Wildman–Crippen LogP) is 2.19. The Bertz CT molecular complexity index is 732. The summed E-state index contributed by atoms with van der Waals surface area (Å²) in [6.07, 6.45) is 6.32. The van der Waals surface area contributed by atoms with Crippen molar-refractivity contribution in [3.8, 4) is 0 Å². The molecule has 0 N–H and O–H groups in total. The molecule has 1 fully saturated rings. The van der Waals surface area contributed by atoms with Gasteiger partial charge >= 0.3 is 5.97 Å². The van der Waals surface area contributed by atoms with Crippen molar-refractivity contribution in [3.63, 3.8) is 0 Å².